The molecule has 2 rings (SSSR count). The van der Waals surface area contributed by atoms with Crippen LogP contribution in [0.2, 0.25) is 0 Å². The van der Waals surface area contributed by atoms with Crippen LogP contribution < -0.4 is 10.1 Å². The molecule has 0 aliphatic carbocycles. The topological polar surface area (TPSA) is 51.2 Å². The predicted octanol–water partition coefficient (Wildman–Crippen LogP) is 3.32. The van der Waals surface area contributed by atoms with Crippen molar-refractivity contribution in [1.29, 1.82) is 0 Å². The number of amides is 1. The first-order chi connectivity index (χ1) is 9.40. The van der Waals surface area contributed by atoms with Crippen LogP contribution in [0.1, 0.15) is 0 Å². The van der Waals surface area contributed by atoms with Gasteiger partial charge < -0.3 is 10.1 Å². The maximum Gasteiger partial charge on any atom is 0.471 e. The maximum atomic E-state index is 12.1. The molecule has 0 unspecified atom stereocenters. The van der Waals surface area contributed by atoms with Crippen LogP contribution >= 0.6 is 11.5 Å². The molecule has 0 aliphatic rings. The number of aromatic nitrogens is 1. The quantitative estimate of drug-likeness (QED) is 0.946. The van der Waals surface area contributed by atoms with E-state index in [0.29, 0.717) is 11.4 Å². The summed E-state index contributed by atoms with van der Waals surface area (Å²) in [7, 11) is 1.53. The predicted molar refractivity (Wildman–Crippen MR) is 68.8 cm³/mol. The summed E-state index contributed by atoms with van der Waals surface area (Å²) in [6.45, 7) is 0. The molecule has 0 aliphatic heterocycles. The lowest BCUT2D eigenvalue weighted by molar-refractivity contribution is -0.167. The number of ether oxygens (including phenoxy) is 1. The molecule has 0 bridgehead atoms. The molecule has 0 atom stereocenters. The molecule has 0 saturated carbocycles. The van der Waals surface area contributed by atoms with Crippen molar-refractivity contribution >= 4 is 22.4 Å². The number of methoxy groups -OCH3 is 1. The van der Waals surface area contributed by atoms with Gasteiger partial charge in [0.05, 0.1) is 12.8 Å². The van der Waals surface area contributed by atoms with Gasteiger partial charge in [-0.1, -0.05) is 0 Å². The molecule has 4 nitrogen and oxygen atoms in total. The van der Waals surface area contributed by atoms with Crippen LogP contribution in [0, 0.1) is 0 Å². The Morgan fingerprint density at radius 3 is 2.50 bits per heavy atom. The van der Waals surface area contributed by atoms with Crippen molar-refractivity contribution in [1.82, 2.24) is 4.37 Å². The number of carbonyl (C=O) groups excluding carboxylic acids is 1. The van der Waals surface area contributed by atoms with Gasteiger partial charge in [-0.2, -0.15) is 17.5 Å². The Labute approximate surface area is 116 Å². The number of alkyl halides is 3. The average molecular weight is 302 g/mol. The highest BCUT2D eigenvalue weighted by molar-refractivity contribution is 7.10. The van der Waals surface area contributed by atoms with Gasteiger partial charge in [0.25, 0.3) is 0 Å². The van der Waals surface area contributed by atoms with Crippen LogP contribution in [-0.2, 0) is 4.79 Å². The summed E-state index contributed by atoms with van der Waals surface area (Å²) in [4.78, 5) is 10.8. The van der Waals surface area contributed by atoms with Crippen molar-refractivity contribution in [3.8, 4) is 17.0 Å². The number of benzene rings is 1. The molecule has 0 fully saturated rings. The van der Waals surface area contributed by atoms with Crippen molar-refractivity contribution in [2.24, 2.45) is 0 Å². The smallest absolute Gasteiger partial charge is 0.471 e. The summed E-state index contributed by atoms with van der Waals surface area (Å²) < 4.78 is 45.3. The van der Waals surface area contributed by atoms with Crippen molar-refractivity contribution in [2.45, 2.75) is 6.18 Å². The first-order valence-corrected chi connectivity index (χ1v) is 6.17. The van der Waals surface area contributed by atoms with Gasteiger partial charge in [0.2, 0.25) is 0 Å². The van der Waals surface area contributed by atoms with E-state index in [1.54, 1.807) is 29.6 Å². The number of anilines is 1. The lowest BCUT2D eigenvalue weighted by Crippen LogP contribution is -2.29. The van der Waals surface area contributed by atoms with Crippen molar-refractivity contribution < 1.29 is 22.7 Å². The van der Waals surface area contributed by atoms with Gasteiger partial charge in [-0.3, -0.25) is 4.79 Å². The van der Waals surface area contributed by atoms with Gasteiger partial charge in [0.1, 0.15) is 10.8 Å². The molecule has 106 valence electrons. The molecule has 1 aromatic carbocycles. The van der Waals surface area contributed by atoms with E-state index < -0.39 is 12.1 Å². The molecular formula is C12H9F3N2O2S. The molecule has 1 aromatic heterocycles. The Kier molecular flexibility index (Phi) is 3.93. The molecule has 0 spiro atoms. The SMILES string of the molecule is COc1ccc(-c2cc(NC(=O)C(F)(F)F)sn2)cc1. The first kappa shape index (κ1) is 14.3. The highest BCUT2D eigenvalue weighted by Crippen LogP contribution is 2.28. The minimum absolute atomic E-state index is 0.0399. The zero-order valence-electron chi connectivity index (χ0n) is 10.2. The van der Waals surface area contributed by atoms with E-state index in [4.69, 9.17) is 4.74 Å². The summed E-state index contributed by atoms with van der Waals surface area (Å²) >= 11 is 0.786. The Balaban J connectivity index is 2.14. The fourth-order valence-electron chi connectivity index (χ4n) is 1.41. The highest BCUT2D eigenvalue weighted by atomic mass is 32.1. The normalized spacial score (nSPS) is 11.2. The lowest BCUT2D eigenvalue weighted by atomic mass is 10.1. The van der Waals surface area contributed by atoms with Crippen LogP contribution in [0.25, 0.3) is 11.3 Å². The van der Waals surface area contributed by atoms with E-state index in [9.17, 15) is 18.0 Å². The van der Waals surface area contributed by atoms with Crippen LogP contribution in [0.5, 0.6) is 5.75 Å². The Hall–Kier alpha value is -2.09. The summed E-state index contributed by atoms with van der Waals surface area (Å²) in [6, 6.07) is 8.26. The van der Waals surface area contributed by atoms with Gasteiger partial charge in [0.15, 0.2) is 0 Å². The average Bonchev–Trinajstić information content (AvgIpc) is 2.86. The Bertz CT molecular complexity index is 608. The molecule has 1 heterocycles. The van der Waals surface area contributed by atoms with E-state index in [2.05, 4.69) is 4.37 Å². The Morgan fingerprint density at radius 2 is 1.95 bits per heavy atom. The van der Waals surface area contributed by atoms with Crippen LogP contribution in [0.3, 0.4) is 0 Å². The highest BCUT2D eigenvalue weighted by Gasteiger charge is 2.38. The van der Waals surface area contributed by atoms with E-state index in [-0.39, 0.29) is 5.00 Å². The second-order valence-electron chi connectivity index (χ2n) is 3.76. The number of hydrogen-bond donors (Lipinski definition) is 1. The molecule has 0 radical (unpaired) electrons. The molecule has 20 heavy (non-hydrogen) atoms. The Morgan fingerprint density at radius 1 is 1.30 bits per heavy atom. The van der Waals surface area contributed by atoms with Crippen LogP contribution in [0.15, 0.2) is 30.3 Å². The fraction of sp³-hybridized carbons (Fsp3) is 0.167. The minimum atomic E-state index is -4.91. The number of nitrogens with one attached hydrogen (secondary N) is 1. The van der Waals surface area contributed by atoms with E-state index >= 15 is 0 Å². The molecule has 1 amide bonds. The third-order valence-corrected chi connectivity index (χ3v) is 3.09. The monoisotopic (exact) mass is 302 g/mol. The maximum absolute atomic E-state index is 12.1. The first-order valence-electron chi connectivity index (χ1n) is 5.39. The van der Waals surface area contributed by atoms with E-state index in [0.717, 1.165) is 17.1 Å². The van der Waals surface area contributed by atoms with Gasteiger partial charge in [0, 0.05) is 11.6 Å². The standard InChI is InChI=1S/C12H9F3N2O2S/c1-19-8-4-2-7(3-5-8)9-6-10(20-17-9)16-11(18)12(13,14)15/h2-6H,1H3,(H,16,18). The largest absolute Gasteiger partial charge is 0.497 e. The van der Waals surface area contributed by atoms with Crippen molar-refractivity contribution in [3.63, 3.8) is 0 Å². The molecule has 8 heteroatoms. The second kappa shape index (κ2) is 5.49. The van der Waals surface area contributed by atoms with Gasteiger partial charge in [-0.25, -0.2) is 0 Å². The molecule has 1 N–H and O–H groups in total. The van der Waals surface area contributed by atoms with Crippen LogP contribution in [0.4, 0.5) is 18.2 Å². The van der Waals surface area contributed by atoms with Crippen LogP contribution in [-0.4, -0.2) is 23.6 Å². The third kappa shape index (κ3) is 3.27. The number of halogens is 3. The number of rotatable bonds is 3. The minimum Gasteiger partial charge on any atom is -0.497 e. The van der Waals surface area contributed by atoms with E-state index in [1.807, 2.05) is 0 Å². The van der Waals surface area contributed by atoms with Crippen molar-refractivity contribution in [3.05, 3.63) is 30.3 Å². The summed E-state index contributed by atoms with van der Waals surface area (Å²) in [5, 5.41) is 1.80. The molecular weight excluding hydrogens is 293 g/mol. The summed E-state index contributed by atoms with van der Waals surface area (Å²) in [5.41, 5.74) is 1.20. The third-order valence-electron chi connectivity index (χ3n) is 2.39. The fourth-order valence-corrected chi connectivity index (χ4v) is 2.07. The van der Waals surface area contributed by atoms with Gasteiger partial charge in [-0.15, -0.1) is 0 Å². The number of nitrogens with zero attached hydrogens (tertiary/aromatic N) is 1. The van der Waals surface area contributed by atoms with Gasteiger partial charge in [-0.05, 0) is 35.8 Å². The molecule has 0 saturated heterocycles. The zero-order chi connectivity index (χ0) is 14.8. The number of carbonyl (C=O) groups is 1. The van der Waals surface area contributed by atoms with E-state index in [1.165, 1.54) is 13.2 Å². The van der Waals surface area contributed by atoms with Gasteiger partial charge >= 0.3 is 12.1 Å². The molecule has 2 aromatic rings. The second-order valence-corrected chi connectivity index (χ2v) is 4.56. The number of hydrogen-bond acceptors (Lipinski definition) is 4. The summed E-state index contributed by atoms with van der Waals surface area (Å²) in [5.74, 6) is -1.35. The van der Waals surface area contributed by atoms with Crippen molar-refractivity contribution in [2.75, 3.05) is 12.4 Å². The zero-order valence-corrected chi connectivity index (χ0v) is 11.0. The summed E-state index contributed by atoms with van der Waals surface area (Å²) in [6.07, 6.45) is -4.91. The lowest BCUT2D eigenvalue weighted by Gasteiger charge is -2.04.